The van der Waals surface area contributed by atoms with E-state index in [9.17, 15) is 10.1 Å². The van der Waals surface area contributed by atoms with Gasteiger partial charge in [-0.25, -0.2) is 4.98 Å². The smallest absolute Gasteiger partial charge is 0.328 e. The summed E-state index contributed by atoms with van der Waals surface area (Å²) in [7, 11) is 0. The first-order valence-electron chi connectivity index (χ1n) is 5.63. The minimum atomic E-state index is -0.602. The van der Waals surface area contributed by atoms with Crippen molar-refractivity contribution in [1.29, 1.82) is 5.26 Å². The number of halogens is 1. The van der Waals surface area contributed by atoms with Crippen LogP contribution in [0.25, 0.3) is 0 Å². The minimum Gasteiger partial charge on any atom is -0.360 e. The fourth-order valence-electron chi connectivity index (χ4n) is 1.69. The molecule has 0 aliphatic carbocycles. The van der Waals surface area contributed by atoms with Gasteiger partial charge in [0.2, 0.25) is 5.82 Å². The number of rotatable bonds is 4. The molecule has 0 spiro atoms. The van der Waals surface area contributed by atoms with Crippen molar-refractivity contribution < 1.29 is 4.92 Å². The molecule has 0 fully saturated rings. The Kier molecular flexibility index (Phi) is 4.27. The Bertz CT molecular complexity index is 697. The number of anilines is 1. The molecule has 100 valence electrons. The summed E-state index contributed by atoms with van der Waals surface area (Å²) in [5, 5.41) is 22.8. The molecule has 2 aromatic rings. The largest absolute Gasteiger partial charge is 0.360 e. The van der Waals surface area contributed by atoms with Crippen LogP contribution in [-0.2, 0) is 6.54 Å². The molecular formula is C13H9BrN4O2. The molecule has 1 N–H and O–H groups in total. The normalized spacial score (nSPS) is 9.80. The Labute approximate surface area is 123 Å². The fourth-order valence-corrected chi connectivity index (χ4v) is 2.14. The second-order valence-corrected chi connectivity index (χ2v) is 4.82. The van der Waals surface area contributed by atoms with Crippen molar-refractivity contribution in [2.24, 2.45) is 0 Å². The van der Waals surface area contributed by atoms with Crippen LogP contribution in [0.15, 0.2) is 41.0 Å². The summed E-state index contributed by atoms with van der Waals surface area (Å²) in [6, 6.07) is 10.7. The third-order valence-corrected chi connectivity index (χ3v) is 3.07. The zero-order chi connectivity index (χ0) is 14.5. The number of nitrogens with one attached hydrogen (secondary N) is 1. The molecular weight excluding hydrogens is 324 g/mol. The van der Waals surface area contributed by atoms with Crippen LogP contribution in [0, 0.1) is 21.4 Å². The van der Waals surface area contributed by atoms with E-state index in [0.29, 0.717) is 6.54 Å². The lowest BCUT2D eigenvalue weighted by Crippen LogP contribution is -2.06. The van der Waals surface area contributed by atoms with Gasteiger partial charge in [-0.05, 0) is 23.8 Å². The van der Waals surface area contributed by atoms with Crippen molar-refractivity contribution in [3.8, 4) is 6.07 Å². The lowest BCUT2D eigenvalue weighted by Gasteiger charge is -2.07. The third-order valence-electron chi connectivity index (χ3n) is 2.58. The van der Waals surface area contributed by atoms with E-state index >= 15 is 0 Å². The summed E-state index contributed by atoms with van der Waals surface area (Å²) in [5.74, 6) is 0.0917. The Morgan fingerprint density at radius 1 is 1.45 bits per heavy atom. The molecule has 0 bridgehead atoms. The van der Waals surface area contributed by atoms with E-state index < -0.39 is 4.92 Å². The lowest BCUT2D eigenvalue weighted by molar-refractivity contribution is -0.384. The van der Waals surface area contributed by atoms with Crippen LogP contribution < -0.4 is 5.32 Å². The molecule has 1 aromatic carbocycles. The molecule has 20 heavy (non-hydrogen) atoms. The summed E-state index contributed by atoms with van der Waals surface area (Å²) in [6.07, 6.45) is 1.37. The van der Waals surface area contributed by atoms with E-state index in [1.807, 2.05) is 24.3 Å². The summed E-state index contributed by atoms with van der Waals surface area (Å²) in [6.45, 7) is 0.377. The second kappa shape index (κ2) is 6.12. The van der Waals surface area contributed by atoms with E-state index in [0.717, 1.165) is 10.0 Å². The van der Waals surface area contributed by atoms with E-state index in [4.69, 9.17) is 5.26 Å². The van der Waals surface area contributed by atoms with Gasteiger partial charge in [-0.2, -0.15) is 5.26 Å². The van der Waals surface area contributed by atoms with Crippen LogP contribution in [0.1, 0.15) is 11.1 Å². The highest BCUT2D eigenvalue weighted by Gasteiger charge is 2.20. The zero-order valence-corrected chi connectivity index (χ0v) is 11.8. The lowest BCUT2D eigenvalue weighted by atomic mass is 10.2. The Morgan fingerprint density at radius 3 is 2.90 bits per heavy atom. The highest BCUT2D eigenvalue weighted by Crippen LogP contribution is 2.26. The van der Waals surface area contributed by atoms with Gasteiger partial charge in [0.25, 0.3) is 0 Å². The average Bonchev–Trinajstić information content (AvgIpc) is 2.44. The number of pyridine rings is 1. The summed E-state index contributed by atoms with van der Waals surface area (Å²) < 4.78 is 0.921. The molecule has 1 heterocycles. The predicted octanol–water partition coefficient (Wildman–Crippen LogP) is 3.24. The van der Waals surface area contributed by atoms with Gasteiger partial charge in [-0.15, -0.1) is 0 Å². The number of benzene rings is 1. The van der Waals surface area contributed by atoms with Gasteiger partial charge in [0.05, 0.1) is 4.92 Å². The van der Waals surface area contributed by atoms with Crippen molar-refractivity contribution in [2.45, 2.75) is 6.54 Å². The maximum atomic E-state index is 11.0. The van der Waals surface area contributed by atoms with Gasteiger partial charge in [0.15, 0.2) is 0 Å². The first kappa shape index (κ1) is 14.0. The molecule has 0 amide bonds. The first-order chi connectivity index (χ1) is 9.61. The quantitative estimate of drug-likeness (QED) is 0.685. The van der Waals surface area contributed by atoms with Crippen LogP contribution in [0.3, 0.4) is 0 Å². The highest BCUT2D eigenvalue weighted by molar-refractivity contribution is 9.10. The van der Waals surface area contributed by atoms with E-state index in [2.05, 4.69) is 26.2 Å². The van der Waals surface area contributed by atoms with Crippen LogP contribution in [0.2, 0.25) is 0 Å². The topological polar surface area (TPSA) is 91.8 Å². The molecule has 0 radical (unpaired) electrons. The second-order valence-electron chi connectivity index (χ2n) is 3.91. The van der Waals surface area contributed by atoms with Crippen molar-refractivity contribution in [2.75, 3.05) is 5.32 Å². The molecule has 1 aromatic heterocycles. The molecule has 0 saturated carbocycles. The molecule has 0 aliphatic heterocycles. The van der Waals surface area contributed by atoms with Crippen LogP contribution in [0.5, 0.6) is 0 Å². The molecule has 0 saturated heterocycles. The maximum Gasteiger partial charge on any atom is 0.328 e. The zero-order valence-electron chi connectivity index (χ0n) is 10.2. The van der Waals surface area contributed by atoms with Gasteiger partial charge in [-0.1, -0.05) is 28.1 Å². The van der Waals surface area contributed by atoms with Crippen molar-refractivity contribution in [3.05, 3.63) is 62.2 Å². The summed E-state index contributed by atoms with van der Waals surface area (Å²) in [5.41, 5.74) is 0.629. The number of hydrogen-bond acceptors (Lipinski definition) is 5. The number of hydrogen-bond donors (Lipinski definition) is 1. The minimum absolute atomic E-state index is 0.0123. The molecule has 6 nitrogen and oxygen atoms in total. The summed E-state index contributed by atoms with van der Waals surface area (Å²) in [4.78, 5) is 14.4. The maximum absolute atomic E-state index is 11.0. The monoisotopic (exact) mass is 332 g/mol. The molecule has 0 unspecified atom stereocenters. The van der Waals surface area contributed by atoms with E-state index in [-0.39, 0.29) is 17.1 Å². The third kappa shape index (κ3) is 3.10. The molecule has 0 atom stereocenters. The van der Waals surface area contributed by atoms with Crippen molar-refractivity contribution in [1.82, 2.24) is 4.98 Å². The van der Waals surface area contributed by atoms with Gasteiger partial charge in [0.1, 0.15) is 11.6 Å². The standard InChI is InChI=1S/C13H9BrN4O2/c14-11-3-1-2-9(6-11)8-17-13-12(18(19)20)10(7-15)4-5-16-13/h1-6H,8H2,(H,16,17). The summed E-state index contributed by atoms with van der Waals surface area (Å²) >= 11 is 3.35. The van der Waals surface area contributed by atoms with Crippen LogP contribution >= 0.6 is 15.9 Å². The molecule has 7 heteroatoms. The Balaban J connectivity index is 2.26. The van der Waals surface area contributed by atoms with Crippen molar-refractivity contribution in [3.63, 3.8) is 0 Å². The Hall–Kier alpha value is -2.46. The van der Waals surface area contributed by atoms with Gasteiger partial charge >= 0.3 is 5.69 Å². The SMILES string of the molecule is N#Cc1ccnc(NCc2cccc(Br)c2)c1[N+](=O)[O-]. The number of aromatic nitrogens is 1. The number of nitro groups is 1. The first-order valence-corrected chi connectivity index (χ1v) is 6.43. The van der Waals surface area contributed by atoms with Gasteiger partial charge in [-0.3, -0.25) is 10.1 Å². The highest BCUT2D eigenvalue weighted by atomic mass is 79.9. The number of nitrogens with zero attached hydrogens (tertiary/aromatic N) is 3. The van der Waals surface area contributed by atoms with Crippen LogP contribution in [-0.4, -0.2) is 9.91 Å². The fraction of sp³-hybridized carbons (Fsp3) is 0.0769. The van der Waals surface area contributed by atoms with E-state index in [1.165, 1.54) is 12.3 Å². The van der Waals surface area contributed by atoms with Gasteiger partial charge in [0, 0.05) is 17.2 Å². The molecule has 0 aliphatic rings. The predicted molar refractivity (Wildman–Crippen MR) is 77.1 cm³/mol. The van der Waals surface area contributed by atoms with Crippen LogP contribution in [0.4, 0.5) is 11.5 Å². The Morgan fingerprint density at radius 2 is 2.25 bits per heavy atom. The van der Waals surface area contributed by atoms with E-state index in [1.54, 1.807) is 6.07 Å². The average molecular weight is 333 g/mol. The van der Waals surface area contributed by atoms with Gasteiger partial charge < -0.3 is 5.32 Å². The van der Waals surface area contributed by atoms with Crippen molar-refractivity contribution >= 4 is 27.4 Å². The number of nitriles is 1. The molecule has 2 rings (SSSR count).